The molecule has 0 saturated heterocycles. The molecule has 0 bridgehead atoms. The van der Waals surface area contributed by atoms with Crippen molar-refractivity contribution < 1.29 is 9.53 Å². The summed E-state index contributed by atoms with van der Waals surface area (Å²) >= 11 is 0. The predicted octanol–water partition coefficient (Wildman–Crippen LogP) is 3.10. The molecule has 1 rings (SSSR count). The summed E-state index contributed by atoms with van der Waals surface area (Å²) < 4.78 is 4.60. The number of nitrogens with zero attached hydrogens (tertiary/aromatic N) is 1. The highest BCUT2D eigenvalue weighted by atomic mass is 16.5. The molecule has 0 aliphatic rings. The average molecular weight is 305 g/mol. The summed E-state index contributed by atoms with van der Waals surface area (Å²) in [5, 5.41) is 3.11. The number of ether oxygens (including phenoxy) is 1. The molecular weight excluding hydrogens is 278 g/mol. The Bertz CT molecular complexity index is 487. The summed E-state index contributed by atoms with van der Waals surface area (Å²) in [7, 11) is 1.42. The van der Waals surface area contributed by atoms with Crippen molar-refractivity contribution in [3.8, 4) is 0 Å². The van der Waals surface area contributed by atoms with Crippen LogP contribution in [-0.4, -0.2) is 25.6 Å². The van der Waals surface area contributed by atoms with E-state index in [1.54, 1.807) is 0 Å². The maximum absolute atomic E-state index is 10.9. The topological polar surface area (TPSA) is 76.7 Å². The molecule has 5 nitrogen and oxygen atoms in total. The lowest BCUT2D eigenvalue weighted by molar-refractivity contribution is -0.140. The van der Waals surface area contributed by atoms with E-state index in [2.05, 4.69) is 34.1 Å². The van der Waals surface area contributed by atoms with Gasteiger partial charge in [0.15, 0.2) is 5.96 Å². The molecule has 22 heavy (non-hydrogen) atoms. The number of hydrogen-bond donors (Lipinski definition) is 2. The SMILES string of the molecule is CCc1cccc(NC(N)=NCCCCCCC(=O)OC)c1. The van der Waals surface area contributed by atoms with E-state index in [1.165, 1.54) is 12.7 Å². The maximum Gasteiger partial charge on any atom is 0.305 e. The molecule has 0 radical (unpaired) electrons. The van der Waals surface area contributed by atoms with Crippen molar-refractivity contribution in [2.45, 2.75) is 45.4 Å². The third-order valence-corrected chi connectivity index (χ3v) is 3.41. The van der Waals surface area contributed by atoms with Gasteiger partial charge >= 0.3 is 5.97 Å². The van der Waals surface area contributed by atoms with Crippen LogP contribution in [0.3, 0.4) is 0 Å². The van der Waals surface area contributed by atoms with Gasteiger partial charge in [-0.25, -0.2) is 0 Å². The third kappa shape index (κ3) is 7.67. The fraction of sp³-hybridized carbons (Fsp3) is 0.529. The van der Waals surface area contributed by atoms with Crippen LogP contribution in [0.2, 0.25) is 0 Å². The number of carbonyl (C=O) groups is 1. The lowest BCUT2D eigenvalue weighted by Gasteiger charge is -2.07. The number of benzene rings is 1. The summed E-state index contributed by atoms with van der Waals surface area (Å²) in [6, 6.07) is 8.16. The molecular formula is C17H27N3O2. The minimum atomic E-state index is -0.138. The standard InChI is InChI=1S/C17H27N3O2/c1-3-14-9-8-10-15(13-14)20-17(18)19-12-7-5-4-6-11-16(21)22-2/h8-10,13H,3-7,11-12H2,1-2H3,(H3,18,19,20). The van der Waals surface area contributed by atoms with E-state index in [9.17, 15) is 4.79 Å². The Morgan fingerprint density at radius 1 is 1.27 bits per heavy atom. The minimum Gasteiger partial charge on any atom is -0.469 e. The molecule has 1 aromatic carbocycles. The van der Waals surface area contributed by atoms with Gasteiger partial charge in [-0.1, -0.05) is 31.9 Å². The molecule has 0 heterocycles. The van der Waals surface area contributed by atoms with E-state index in [0.717, 1.165) is 37.8 Å². The highest BCUT2D eigenvalue weighted by Crippen LogP contribution is 2.10. The zero-order chi connectivity index (χ0) is 16.2. The van der Waals surface area contributed by atoms with E-state index in [4.69, 9.17) is 5.73 Å². The van der Waals surface area contributed by atoms with Gasteiger partial charge in [0, 0.05) is 18.7 Å². The monoisotopic (exact) mass is 305 g/mol. The first-order valence-corrected chi connectivity index (χ1v) is 7.88. The Labute approximate surface area is 133 Å². The van der Waals surface area contributed by atoms with Crippen molar-refractivity contribution >= 4 is 17.6 Å². The summed E-state index contributed by atoms with van der Waals surface area (Å²) in [6.45, 7) is 2.82. The van der Waals surface area contributed by atoms with Crippen LogP contribution in [0.15, 0.2) is 29.3 Å². The van der Waals surface area contributed by atoms with Crippen molar-refractivity contribution in [2.75, 3.05) is 19.0 Å². The summed E-state index contributed by atoms with van der Waals surface area (Å²) in [6.07, 6.45) is 5.39. The highest BCUT2D eigenvalue weighted by Gasteiger charge is 1.99. The van der Waals surface area contributed by atoms with Crippen LogP contribution in [-0.2, 0) is 16.0 Å². The van der Waals surface area contributed by atoms with Gasteiger partial charge in [0.25, 0.3) is 0 Å². The number of carbonyl (C=O) groups excluding carboxylic acids is 1. The van der Waals surface area contributed by atoms with E-state index < -0.39 is 0 Å². The van der Waals surface area contributed by atoms with Gasteiger partial charge in [0.2, 0.25) is 0 Å². The number of nitrogens with two attached hydrogens (primary N) is 1. The molecule has 122 valence electrons. The second-order valence-electron chi connectivity index (χ2n) is 5.19. The van der Waals surface area contributed by atoms with E-state index >= 15 is 0 Å². The van der Waals surface area contributed by atoms with Gasteiger partial charge in [0.1, 0.15) is 0 Å². The number of esters is 1. The van der Waals surface area contributed by atoms with Crippen LogP contribution in [0.25, 0.3) is 0 Å². The van der Waals surface area contributed by atoms with Gasteiger partial charge < -0.3 is 15.8 Å². The van der Waals surface area contributed by atoms with E-state index in [-0.39, 0.29) is 5.97 Å². The maximum atomic E-state index is 10.9. The molecule has 0 amide bonds. The molecule has 0 saturated carbocycles. The molecule has 0 aliphatic carbocycles. The Kier molecular flexibility index (Phi) is 8.72. The van der Waals surface area contributed by atoms with Gasteiger partial charge in [-0.2, -0.15) is 0 Å². The summed E-state index contributed by atoms with van der Waals surface area (Å²) in [5.74, 6) is 0.309. The largest absolute Gasteiger partial charge is 0.469 e. The third-order valence-electron chi connectivity index (χ3n) is 3.41. The smallest absolute Gasteiger partial charge is 0.305 e. The van der Waals surface area contributed by atoms with E-state index in [1.807, 2.05) is 12.1 Å². The number of aliphatic imine (C=N–C) groups is 1. The van der Waals surface area contributed by atoms with Crippen LogP contribution in [0.4, 0.5) is 5.69 Å². The molecule has 0 fully saturated rings. The Morgan fingerprint density at radius 3 is 2.77 bits per heavy atom. The molecule has 1 aromatic rings. The Morgan fingerprint density at radius 2 is 2.05 bits per heavy atom. The number of guanidine groups is 1. The Balaban J connectivity index is 2.18. The predicted molar refractivity (Wildman–Crippen MR) is 91.0 cm³/mol. The second kappa shape index (κ2) is 10.7. The fourth-order valence-corrected chi connectivity index (χ4v) is 2.09. The first-order valence-electron chi connectivity index (χ1n) is 7.88. The zero-order valence-electron chi connectivity index (χ0n) is 13.6. The molecule has 5 heteroatoms. The van der Waals surface area contributed by atoms with Gasteiger partial charge in [-0.15, -0.1) is 0 Å². The van der Waals surface area contributed by atoms with Crippen molar-refractivity contribution in [1.29, 1.82) is 0 Å². The number of aryl methyl sites for hydroxylation is 1. The van der Waals surface area contributed by atoms with Crippen molar-refractivity contribution in [2.24, 2.45) is 10.7 Å². The molecule has 0 atom stereocenters. The minimum absolute atomic E-state index is 0.138. The number of hydrogen-bond acceptors (Lipinski definition) is 3. The highest BCUT2D eigenvalue weighted by molar-refractivity contribution is 5.92. The number of rotatable bonds is 9. The number of anilines is 1. The normalized spacial score (nSPS) is 11.3. The lowest BCUT2D eigenvalue weighted by atomic mass is 10.1. The second-order valence-corrected chi connectivity index (χ2v) is 5.19. The number of unbranched alkanes of at least 4 members (excludes halogenated alkanes) is 3. The van der Waals surface area contributed by atoms with Crippen LogP contribution >= 0.6 is 0 Å². The molecule has 0 aromatic heterocycles. The average Bonchev–Trinajstić information content (AvgIpc) is 2.53. The van der Waals surface area contributed by atoms with Gasteiger partial charge in [0.05, 0.1) is 7.11 Å². The van der Waals surface area contributed by atoms with Gasteiger partial charge in [-0.3, -0.25) is 9.79 Å². The van der Waals surface area contributed by atoms with Crippen LogP contribution in [0.1, 0.15) is 44.6 Å². The number of methoxy groups -OCH3 is 1. The molecule has 0 spiro atoms. The van der Waals surface area contributed by atoms with Gasteiger partial charge in [-0.05, 0) is 37.0 Å². The Hall–Kier alpha value is -2.04. The molecule has 0 aliphatic heterocycles. The fourth-order valence-electron chi connectivity index (χ4n) is 2.09. The van der Waals surface area contributed by atoms with Crippen LogP contribution < -0.4 is 11.1 Å². The number of nitrogens with one attached hydrogen (secondary N) is 1. The molecule has 3 N–H and O–H groups in total. The lowest BCUT2D eigenvalue weighted by Crippen LogP contribution is -2.22. The van der Waals surface area contributed by atoms with Crippen molar-refractivity contribution in [3.63, 3.8) is 0 Å². The molecule has 0 unspecified atom stereocenters. The summed E-state index contributed by atoms with van der Waals surface area (Å²) in [5.41, 5.74) is 8.11. The summed E-state index contributed by atoms with van der Waals surface area (Å²) in [4.78, 5) is 15.3. The quantitative estimate of drug-likeness (QED) is 0.318. The zero-order valence-corrected chi connectivity index (χ0v) is 13.6. The van der Waals surface area contributed by atoms with E-state index in [0.29, 0.717) is 18.9 Å². The first kappa shape index (κ1) is 18.0. The van der Waals surface area contributed by atoms with Crippen LogP contribution in [0, 0.1) is 0 Å². The van der Waals surface area contributed by atoms with Crippen LogP contribution in [0.5, 0.6) is 0 Å². The van der Waals surface area contributed by atoms with Crippen molar-refractivity contribution in [3.05, 3.63) is 29.8 Å². The van der Waals surface area contributed by atoms with Crippen molar-refractivity contribution in [1.82, 2.24) is 0 Å². The first-order chi connectivity index (χ1) is 10.7.